The van der Waals surface area contributed by atoms with E-state index in [4.69, 9.17) is 11.2 Å². The fraction of sp³-hybridized carbons (Fsp3) is 0.238. The van der Waals surface area contributed by atoms with Gasteiger partial charge >= 0.3 is 0 Å². The maximum absolute atomic E-state index is 12.6. The first-order valence-electron chi connectivity index (χ1n) is 8.26. The summed E-state index contributed by atoms with van der Waals surface area (Å²) in [5.74, 6) is 3.12. The Labute approximate surface area is 156 Å². The zero-order valence-electron chi connectivity index (χ0n) is 15.1. The highest BCUT2D eigenvalue weighted by atomic mass is 32.1. The van der Waals surface area contributed by atoms with E-state index in [2.05, 4.69) is 17.0 Å². The first-order valence-corrected chi connectivity index (χ1v) is 9.08. The van der Waals surface area contributed by atoms with E-state index in [1.165, 1.54) is 11.3 Å². The Bertz CT molecular complexity index is 1080. The van der Waals surface area contributed by atoms with Gasteiger partial charge in [-0.25, -0.2) is 0 Å². The van der Waals surface area contributed by atoms with Gasteiger partial charge in [-0.3, -0.25) is 4.79 Å². The van der Waals surface area contributed by atoms with Gasteiger partial charge in [-0.1, -0.05) is 41.0 Å². The van der Waals surface area contributed by atoms with Gasteiger partial charge in [-0.05, 0) is 37.6 Å². The minimum atomic E-state index is -0.219. The fourth-order valence-corrected chi connectivity index (χ4v) is 4.01. The summed E-state index contributed by atoms with van der Waals surface area (Å²) in [5, 5.41) is 0. The summed E-state index contributed by atoms with van der Waals surface area (Å²) in [6.45, 7) is 4.40. The number of aryl methyl sites for hydroxylation is 2. The van der Waals surface area contributed by atoms with E-state index in [0.29, 0.717) is 17.1 Å². The van der Waals surface area contributed by atoms with Crippen molar-refractivity contribution in [3.8, 4) is 18.1 Å². The molecule has 0 spiro atoms. The molecule has 2 aromatic carbocycles. The van der Waals surface area contributed by atoms with Crippen molar-refractivity contribution in [2.45, 2.75) is 26.8 Å². The predicted octanol–water partition coefficient (Wildman–Crippen LogP) is 3.63. The van der Waals surface area contributed by atoms with Crippen LogP contribution in [0.1, 0.15) is 16.7 Å². The van der Waals surface area contributed by atoms with Crippen LogP contribution in [0.5, 0.6) is 5.75 Å². The summed E-state index contributed by atoms with van der Waals surface area (Å²) in [7, 11) is 1.60. The maximum atomic E-state index is 12.6. The van der Waals surface area contributed by atoms with Gasteiger partial charge in [0.2, 0.25) is 0 Å². The zero-order valence-corrected chi connectivity index (χ0v) is 15.9. The molecule has 4 nitrogen and oxygen atoms in total. The Hall–Kier alpha value is -2.84. The molecule has 26 heavy (non-hydrogen) atoms. The molecule has 0 fully saturated rings. The van der Waals surface area contributed by atoms with Crippen LogP contribution < -0.4 is 9.54 Å². The highest BCUT2D eigenvalue weighted by Crippen LogP contribution is 2.21. The molecule has 132 valence electrons. The highest BCUT2D eigenvalue weighted by molar-refractivity contribution is 7.16. The van der Waals surface area contributed by atoms with Gasteiger partial charge in [0.1, 0.15) is 5.75 Å². The average molecular weight is 364 g/mol. The van der Waals surface area contributed by atoms with E-state index < -0.39 is 0 Å². The third-order valence-corrected chi connectivity index (χ3v) is 5.13. The van der Waals surface area contributed by atoms with Gasteiger partial charge in [0.05, 0.1) is 30.3 Å². The van der Waals surface area contributed by atoms with E-state index in [1.54, 1.807) is 7.11 Å². The Kier molecular flexibility index (Phi) is 5.24. The molecule has 0 aliphatic carbocycles. The number of fused-ring (bicyclic) bond motifs is 1. The number of hydrogen-bond donors (Lipinski definition) is 0. The summed E-state index contributed by atoms with van der Waals surface area (Å²) >= 11 is 1.48. The van der Waals surface area contributed by atoms with E-state index in [-0.39, 0.29) is 12.3 Å². The van der Waals surface area contributed by atoms with Crippen LogP contribution in [0.3, 0.4) is 0 Å². The first kappa shape index (κ1) is 18.0. The number of nitrogens with zero attached hydrogens (tertiary/aromatic N) is 2. The standard InChI is InChI=1S/C21H20N2O2S/c1-5-10-23-17-8-6-15(3)12-19(17)26-21(23)22-20(24)13-16-11-14(2)7-9-18(16)25-4/h1,6-9,11-12H,10,13H2,2-4H3. The van der Waals surface area contributed by atoms with Crippen LogP contribution in [0.2, 0.25) is 0 Å². The van der Waals surface area contributed by atoms with Gasteiger partial charge in [0.25, 0.3) is 5.91 Å². The molecule has 0 aliphatic rings. The van der Waals surface area contributed by atoms with Crippen LogP contribution in [-0.2, 0) is 17.8 Å². The van der Waals surface area contributed by atoms with Crippen LogP contribution in [-0.4, -0.2) is 17.6 Å². The number of thiazole rings is 1. The van der Waals surface area contributed by atoms with Crippen LogP contribution in [0, 0.1) is 26.2 Å². The van der Waals surface area contributed by atoms with E-state index in [1.807, 2.05) is 48.7 Å². The minimum Gasteiger partial charge on any atom is -0.496 e. The van der Waals surface area contributed by atoms with Crippen molar-refractivity contribution >= 4 is 27.5 Å². The second kappa shape index (κ2) is 7.59. The van der Waals surface area contributed by atoms with Crippen LogP contribution in [0.4, 0.5) is 0 Å². The Morgan fingerprint density at radius 2 is 1.96 bits per heavy atom. The maximum Gasteiger partial charge on any atom is 0.252 e. The molecule has 0 unspecified atom stereocenters. The molecule has 0 N–H and O–H groups in total. The van der Waals surface area contributed by atoms with Gasteiger partial charge in [-0.2, -0.15) is 4.99 Å². The topological polar surface area (TPSA) is 43.6 Å². The molecule has 0 aliphatic heterocycles. The number of benzene rings is 2. The number of carbonyl (C=O) groups excluding carboxylic acids is 1. The molecule has 1 aromatic heterocycles. The third kappa shape index (κ3) is 3.71. The van der Waals surface area contributed by atoms with Crippen molar-refractivity contribution in [2.75, 3.05) is 7.11 Å². The van der Waals surface area contributed by atoms with E-state index in [9.17, 15) is 4.79 Å². The number of methoxy groups -OCH3 is 1. The average Bonchev–Trinajstić information content (AvgIpc) is 2.91. The second-order valence-corrected chi connectivity index (χ2v) is 7.15. The second-order valence-electron chi connectivity index (χ2n) is 6.14. The van der Waals surface area contributed by atoms with E-state index in [0.717, 1.165) is 26.9 Å². The molecule has 1 heterocycles. The van der Waals surface area contributed by atoms with Crippen LogP contribution in [0.15, 0.2) is 41.4 Å². The highest BCUT2D eigenvalue weighted by Gasteiger charge is 2.11. The summed E-state index contributed by atoms with van der Waals surface area (Å²) in [6.07, 6.45) is 5.70. The van der Waals surface area contributed by atoms with E-state index >= 15 is 0 Å². The lowest BCUT2D eigenvalue weighted by molar-refractivity contribution is -0.117. The third-order valence-electron chi connectivity index (χ3n) is 4.09. The minimum absolute atomic E-state index is 0.189. The summed E-state index contributed by atoms with van der Waals surface area (Å²) in [5.41, 5.74) is 4.07. The lowest BCUT2D eigenvalue weighted by atomic mass is 10.1. The predicted molar refractivity (Wildman–Crippen MR) is 105 cm³/mol. The summed E-state index contributed by atoms with van der Waals surface area (Å²) in [4.78, 5) is 17.5. The monoisotopic (exact) mass is 364 g/mol. The van der Waals surface area contributed by atoms with Gasteiger partial charge in [0.15, 0.2) is 4.80 Å². The van der Waals surface area contributed by atoms with Gasteiger partial charge < -0.3 is 9.30 Å². The number of terminal acetylenes is 1. The number of rotatable bonds is 4. The van der Waals surface area contributed by atoms with Crippen LogP contribution >= 0.6 is 11.3 Å². The van der Waals surface area contributed by atoms with Crippen molar-refractivity contribution < 1.29 is 9.53 Å². The number of aromatic nitrogens is 1. The SMILES string of the molecule is C#CCn1c(=NC(=O)Cc2cc(C)ccc2OC)sc2cc(C)ccc21. The smallest absolute Gasteiger partial charge is 0.252 e. The lowest BCUT2D eigenvalue weighted by Crippen LogP contribution is -2.17. The summed E-state index contributed by atoms with van der Waals surface area (Å²) < 4.78 is 8.33. The van der Waals surface area contributed by atoms with Gasteiger partial charge in [0, 0.05) is 5.56 Å². The molecule has 0 bridgehead atoms. The molecule has 5 heteroatoms. The molecule has 0 saturated carbocycles. The molecule has 1 amide bonds. The Morgan fingerprint density at radius 3 is 2.69 bits per heavy atom. The van der Waals surface area contributed by atoms with Crippen molar-refractivity contribution in [1.82, 2.24) is 4.57 Å². The number of carbonyl (C=O) groups is 1. The van der Waals surface area contributed by atoms with Crippen molar-refractivity contribution in [3.63, 3.8) is 0 Å². The Morgan fingerprint density at radius 1 is 1.23 bits per heavy atom. The Balaban J connectivity index is 2.02. The van der Waals surface area contributed by atoms with Crippen LogP contribution in [0.25, 0.3) is 10.2 Å². The molecule has 3 rings (SSSR count). The zero-order chi connectivity index (χ0) is 18.7. The van der Waals surface area contributed by atoms with Crippen molar-refractivity contribution in [3.05, 3.63) is 57.9 Å². The van der Waals surface area contributed by atoms with Gasteiger partial charge in [-0.15, -0.1) is 6.42 Å². The quantitative estimate of drug-likeness (QED) is 0.664. The number of ether oxygens (including phenoxy) is 1. The lowest BCUT2D eigenvalue weighted by Gasteiger charge is -2.07. The van der Waals surface area contributed by atoms with Crippen molar-refractivity contribution in [1.29, 1.82) is 0 Å². The summed E-state index contributed by atoms with van der Waals surface area (Å²) in [6, 6.07) is 11.9. The molecule has 3 aromatic rings. The van der Waals surface area contributed by atoms with Crippen molar-refractivity contribution in [2.24, 2.45) is 4.99 Å². The normalized spacial score (nSPS) is 11.5. The number of amides is 1. The molecular weight excluding hydrogens is 344 g/mol. The number of hydrogen-bond acceptors (Lipinski definition) is 3. The first-order chi connectivity index (χ1) is 12.5. The fourth-order valence-electron chi connectivity index (χ4n) is 2.86. The molecule has 0 saturated heterocycles. The largest absolute Gasteiger partial charge is 0.496 e. The molecule has 0 atom stereocenters. The molecular formula is C21H20N2O2S. The molecule has 0 radical (unpaired) electrons.